The summed E-state index contributed by atoms with van der Waals surface area (Å²) in [4.78, 5) is 14.2. The van der Waals surface area contributed by atoms with Crippen LogP contribution in [-0.4, -0.2) is 53.5 Å². The third-order valence-corrected chi connectivity index (χ3v) is 10.6. The first-order valence-corrected chi connectivity index (χ1v) is 18.7. The van der Waals surface area contributed by atoms with Gasteiger partial charge in [-0.3, -0.25) is 0 Å². The summed E-state index contributed by atoms with van der Waals surface area (Å²) < 4.78 is 5.05. The van der Waals surface area contributed by atoms with Crippen LogP contribution >= 0.6 is 0 Å². The maximum atomic E-state index is 12.3. The molecule has 0 aliphatic heterocycles. The third kappa shape index (κ3) is 11.7. The number of nitrogens with one attached hydrogen (secondary N) is 1. The predicted octanol–water partition coefficient (Wildman–Crippen LogP) is 9.76. The van der Waals surface area contributed by atoms with Crippen LogP contribution in [0.4, 0.5) is 4.79 Å². The molecule has 2 aliphatic rings. The zero-order valence-corrected chi connectivity index (χ0v) is 29.8. The minimum absolute atomic E-state index is 0.212. The number of phenolic OH excluding ortho intramolecular Hbond substituents is 2. The molecule has 0 unspecified atom stereocenters. The average Bonchev–Trinajstić information content (AvgIpc) is 3.17. The molecule has 0 bridgehead atoms. The van der Waals surface area contributed by atoms with Gasteiger partial charge in [-0.15, -0.1) is 0 Å². The normalized spacial score (nSPS) is 20.3. The second-order valence-corrected chi connectivity index (χ2v) is 14.0. The van der Waals surface area contributed by atoms with E-state index in [-0.39, 0.29) is 12.1 Å². The molecule has 0 radical (unpaired) electrons. The molecule has 0 heterocycles. The number of rotatable bonds is 12. The van der Waals surface area contributed by atoms with E-state index in [0.717, 1.165) is 58.0 Å². The number of aromatic hydroxyl groups is 2. The number of benzene rings is 4. The highest BCUT2D eigenvalue weighted by Crippen LogP contribution is 2.36. The zero-order chi connectivity index (χ0) is 35.0. The number of carbonyl (C=O) groups excluding carboxylic acids is 1. The summed E-state index contributed by atoms with van der Waals surface area (Å²) in [5.41, 5.74) is 5.40. The Morgan fingerprint density at radius 2 is 1.10 bits per heavy atom. The Labute approximate surface area is 299 Å². The van der Waals surface area contributed by atoms with Crippen molar-refractivity contribution in [3.8, 4) is 11.5 Å². The van der Waals surface area contributed by atoms with Crippen molar-refractivity contribution in [2.45, 2.75) is 101 Å². The molecule has 6 nitrogen and oxygen atoms in total. The molecule has 0 saturated heterocycles. The molecule has 2 aliphatic carbocycles. The molecule has 4 aromatic carbocycles. The highest BCUT2D eigenvalue weighted by atomic mass is 16.5. The van der Waals surface area contributed by atoms with Crippen LogP contribution in [0.5, 0.6) is 11.5 Å². The summed E-state index contributed by atoms with van der Waals surface area (Å²) in [6, 6.07) is 37.4. The fraction of sp³-hybridized carbons (Fsp3) is 0.432. The largest absolute Gasteiger partial charge is 0.508 e. The van der Waals surface area contributed by atoms with Gasteiger partial charge in [-0.1, -0.05) is 84.9 Å². The van der Waals surface area contributed by atoms with Crippen molar-refractivity contribution in [2.75, 3.05) is 20.2 Å². The fourth-order valence-corrected chi connectivity index (χ4v) is 7.73. The van der Waals surface area contributed by atoms with E-state index in [1.54, 1.807) is 12.1 Å². The van der Waals surface area contributed by atoms with Crippen molar-refractivity contribution in [3.63, 3.8) is 0 Å². The van der Waals surface area contributed by atoms with Gasteiger partial charge in [0.15, 0.2) is 0 Å². The summed E-state index contributed by atoms with van der Waals surface area (Å²) in [7, 11) is 1.47. The van der Waals surface area contributed by atoms with Crippen molar-refractivity contribution >= 4 is 6.09 Å². The van der Waals surface area contributed by atoms with Crippen molar-refractivity contribution in [3.05, 3.63) is 131 Å². The van der Waals surface area contributed by atoms with E-state index in [0.29, 0.717) is 29.4 Å². The number of hydrogen-bond acceptors (Lipinski definition) is 5. The Morgan fingerprint density at radius 3 is 1.58 bits per heavy atom. The smallest absolute Gasteiger partial charge is 0.409 e. The minimum atomic E-state index is -0.212. The molecule has 0 spiro atoms. The highest BCUT2D eigenvalue weighted by Gasteiger charge is 2.30. The van der Waals surface area contributed by atoms with Crippen molar-refractivity contribution < 1.29 is 19.7 Å². The van der Waals surface area contributed by atoms with E-state index in [1.807, 2.05) is 35.2 Å². The lowest BCUT2D eigenvalue weighted by atomic mass is 9.81. The van der Waals surface area contributed by atoms with Gasteiger partial charge in [-0.25, -0.2) is 4.79 Å². The van der Waals surface area contributed by atoms with Gasteiger partial charge in [0.05, 0.1) is 7.11 Å². The highest BCUT2D eigenvalue weighted by molar-refractivity contribution is 5.67. The van der Waals surface area contributed by atoms with Gasteiger partial charge in [0.1, 0.15) is 11.5 Å². The Bertz CT molecular complexity index is 1510. The van der Waals surface area contributed by atoms with E-state index in [4.69, 9.17) is 4.74 Å². The summed E-state index contributed by atoms with van der Waals surface area (Å²) in [5.74, 6) is 1.84. The molecule has 2 saturated carbocycles. The van der Waals surface area contributed by atoms with Gasteiger partial charge in [-0.2, -0.15) is 0 Å². The Hall–Kier alpha value is -4.29. The van der Waals surface area contributed by atoms with Gasteiger partial charge >= 0.3 is 6.09 Å². The maximum Gasteiger partial charge on any atom is 0.409 e. The molecule has 2 fully saturated rings. The molecule has 6 heteroatoms. The topological polar surface area (TPSA) is 82.0 Å². The summed E-state index contributed by atoms with van der Waals surface area (Å²) in [5, 5.41) is 22.6. The number of amides is 1. The molecule has 3 N–H and O–H groups in total. The standard InChI is InChI=1S/C23H29NO3.C21H27NO/c1-27-23(26)24(17-5-8-18-6-3-2-4-7-18)21-13-9-19(10-14-21)20-11-15-22(25)16-12-20;23-21-14-10-19(11-15-21)18-8-12-20(13-9-18)22-16-4-7-17-5-2-1-3-6-17/h2-4,6-7,11-12,15-16,19,21,25H,5,8-10,13-14,17H2,1H3;1-3,5-6,10-11,14-15,18,20,22-23H,4,7-9,12-13,16H2. The molecule has 50 heavy (non-hydrogen) atoms. The van der Waals surface area contributed by atoms with E-state index in [1.165, 1.54) is 61.5 Å². The second-order valence-electron chi connectivity index (χ2n) is 14.0. The van der Waals surface area contributed by atoms with Crippen LogP contribution in [0.1, 0.15) is 98.3 Å². The van der Waals surface area contributed by atoms with Crippen LogP contribution < -0.4 is 5.32 Å². The maximum absolute atomic E-state index is 12.3. The number of aryl methyl sites for hydroxylation is 2. The summed E-state index contributed by atoms with van der Waals surface area (Å²) >= 11 is 0. The SMILES string of the molecule is COC(=O)N(CCCc1ccccc1)C1CCC(c2ccc(O)cc2)CC1.Oc1ccc(C2CCC(NCCCc3ccccc3)CC2)cc1. The number of phenols is 2. The Morgan fingerprint density at radius 1 is 0.640 bits per heavy atom. The Balaban J connectivity index is 0.000000197. The first-order valence-electron chi connectivity index (χ1n) is 18.7. The first kappa shape index (κ1) is 37.0. The van der Waals surface area contributed by atoms with Gasteiger partial charge in [0.2, 0.25) is 0 Å². The van der Waals surface area contributed by atoms with Gasteiger partial charge in [0, 0.05) is 18.6 Å². The molecule has 1 amide bonds. The molecule has 0 aromatic heterocycles. The monoisotopic (exact) mass is 676 g/mol. The number of ether oxygens (including phenoxy) is 1. The second kappa shape index (κ2) is 19.8. The van der Waals surface area contributed by atoms with E-state index in [2.05, 4.69) is 72.0 Å². The minimum Gasteiger partial charge on any atom is -0.508 e. The van der Waals surface area contributed by atoms with Gasteiger partial charge in [-0.05, 0) is 142 Å². The quantitative estimate of drug-likeness (QED) is 0.130. The van der Waals surface area contributed by atoms with E-state index >= 15 is 0 Å². The van der Waals surface area contributed by atoms with Gasteiger partial charge < -0.3 is 25.2 Å². The number of methoxy groups -OCH3 is 1. The first-order chi connectivity index (χ1) is 24.5. The summed E-state index contributed by atoms with van der Waals surface area (Å²) in [6.45, 7) is 1.85. The number of nitrogens with zero attached hydrogens (tertiary/aromatic N) is 1. The molecule has 266 valence electrons. The fourth-order valence-electron chi connectivity index (χ4n) is 7.73. The van der Waals surface area contributed by atoms with Crippen molar-refractivity contribution in [1.82, 2.24) is 10.2 Å². The lowest BCUT2D eigenvalue weighted by molar-refractivity contribution is 0.0910. The van der Waals surface area contributed by atoms with Crippen LogP contribution in [0, 0.1) is 0 Å². The summed E-state index contributed by atoms with van der Waals surface area (Å²) in [6.07, 6.45) is 13.2. The van der Waals surface area contributed by atoms with Crippen molar-refractivity contribution in [1.29, 1.82) is 0 Å². The Kier molecular flexibility index (Phi) is 14.6. The number of carbonyl (C=O) groups is 1. The van der Waals surface area contributed by atoms with E-state index < -0.39 is 0 Å². The van der Waals surface area contributed by atoms with Crippen LogP contribution in [0.3, 0.4) is 0 Å². The van der Waals surface area contributed by atoms with Crippen LogP contribution in [-0.2, 0) is 17.6 Å². The van der Waals surface area contributed by atoms with Crippen molar-refractivity contribution in [2.24, 2.45) is 0 Å². The predicted molar refractivity (Wildman–Crippen MR) is 203 cm³/mol. The zero-order valence-electron chi connectivity index (χ0n) is 29.8. The molecule has 6 rings (SSSR count). The molecule has 0 atom stereocenters. The number of hydrogen-bond donors (Lipinski definition) is 3. The van der Waals surface area contributed by atoms with Gasteiger partial charge in [0.25, 0.3) is 0 Å². The van der Waals surface area contributed by atoms with Crippen LogP contribution in [0.2, 0.25) is 0 Å². The molecular formula is C44H56N2O4. The lowest BCUT2D eigenvalue weighted by Crippen LogP contribution is -2.42. The molecule has 4 aromatic rings. The molecular weight excluding hydrogens is 620 g/mol. The van der Waals surface area contributed by atoms with Crippen LogP contribution in [0.15, 0.2) is 109 Å². The van der Waals surface area contributed by atoms with Crippen LogP contribution in [0.25, 0.3) is 0 Å². The van der Waals surface area contributed by atoms with E-state index in [9.17, 15) is 15.0 Å². The average molecular weight is 677 g/mol. The third-order valence-electron chi connectivity index (χ3n) is 10.6. The lowest BCUT2D eigenvalue weighted by Gasteiger charge is -2.36.